The molecule has 112 valence electrons. The Labute approximate surface area is 121 Å². The van der Waals surface area contributed by atoms with E-state index < -0.39 is 12.1 Å². The molecule has 0 amide bonds. The molecule has 0 saturated carbocycles. The van der Waals surface area contributed by atoms with Gasteiger partial charge in [-0.1, -0.05) is 17.7 Å². The molecule has 1 heterocycles. The molecule has 1 aromatic rings. The molecule has 1 aromatic carbocycles. The van der Waals surface area contributed by atoms with E-state index in [4.69, 9.17) is 17.3 Å². The maximum absolute atomic E-state index is 12.8. The Morgan fingerprint density at radius 2 is 2.10 bits per heavy atom. The van der Waals surface area contributed by atoms with Crippen molar-refractivity contribution in [3.05, 3.63) is 28.8 Å². The fourth-order valence-corrected chi connectivity index (χ4v) is 2.91. The molecule has 1 fully saturated rings. The van der Waals surface area contributed by atoms with E-state index in [1.165, 1.54) is 0 Å². The summed E-state index contributed by atoms with van der Waals surface area (Å²) in [6, 6.07) is 5.10. The van der Waals surface area contributed by atoms with E-state index in [9.17, 15) is 13.2 Å². The van der Waals surface area contributed by atoms with Gasteiger partial charge < -0.3 is 10.6 Å². The molecular formula is C14H18ClF3N2. The fourth-order valence-electron chi connectivity index (χ4n) is 2.56. The Balaban J connectivity index is 2.17. The third kappa shape index (κ3) is 3.38. The Bertz CT molecular complexity index is 474. The molecule has 1 aliphatic heterocycles. The first kappa shape index (κ1) is 15.4. The summed E-state index contributed by atoms with van der Waals surface area (Å²) in [6.07, 6.45) is -3.39. The predicted molar refractivity (Wildman–Crippen MR) is 75.0 cm³/mol. The lowest BCUT2D eigenvalue weighted by molar-refractivity contribution is -0.175. The van der Waals surface area contributed by atoms with Gasteiger partial charge in [0.2, 0.25) is 0 Å². The van der Waals surface area contributed by atoms with Crippen LogP contribution in [0.15, 0.2) is 18.2 Å². The van der Waals surface area contributed by atoms with Crippen LogP contribution in [0.25, 0.3) is 0 Å². The topological polar surface area (TPSA) is 29.3 Å². The van der Waals surface area contributed by atoms with E-state index in [0.29, 0.717) is 18.0 Å². The van der Waals surface area contributed by atoms with Crippen LogP contribution >= 0.6 is 11.6 Å². The highest BCUT2D eigenvalue weighted by Crippen LogP contribution is 2.36. The van der Waals surface area contributed by atoms with Crippen molar-refractivity contribution >= 4 is 17.3 Å². The third-order valence-corrected chi connectivity index (χ3v) is 4.05. The summed E-state index contributed by atoms with van der Waals surface area (Å²) >= 11 is 6.14. The second-order valence-corrected chi connectivity index (χ2v) is 5.73. The summed E-state index contributed by atoms with van der Waals surface area (Å²) in [7, 11) is 0. The van der Waals surface area contributed by atoms with E-state index >= 15 is 0 Å². The molecule has 2 rings (SSSR count). The lowest BCUT2D eigenvalue weighted by Gasteiger charge is -2.35. The number of piperidine rings is 1. The Morgan fingerprint density at radius 1 is 1.40 bits per heavy atom. The van der Waals surface area contributed by atoms with Crippen LogP contribution < -0.4 is 10.6 Å². The third-order valence-electron chi connectivity index (χ3n) is 3.72. The minimum Gasteiger partial charge on any atom is -0.371 e. The van der Waals surface area contributed by atoms with Crippen molar-refractivity contribution in [1.29, 1.82) is 0 Å². The maximum Gasteiger partial charge on any atom is 0.393 e. The van der Waals surface area contributed by atoms with Gasteiger partial charge in [-0.15, -0.1) is 0 Å². The van der Waals surface area contributed by atoms with Crippen LogP contribution in [0, 0.1) is 5.92 Å². The molecule has 6 heteroatoms. The van der Waals surface area contributed by atoms with E-state index in [1.807, 2.05) is 6.92 Å². The number of anilines is 1. The van der Waals surface area contributed by atoms with Crippen LogP contribution in [0.1, 0.15) is 31.4 Å². The van der Waals surface area contributed by atoms with Crippen LogP contribution in [0.5, 0.6) is 0 Å². The number of hydrogen-bond acceptors (Lipinski definition) is 2. The first-order valence-corrected chi connectivity index (χ1v) is 7.03. The molecule has 2 unspecified atom stereocenters. The molecule has 0 aromatic heterocycles. The van der Waals surface area contributed by atoms with Gasteiger partial charge in [-0.2, -0.15) is 13.2 Å². The molecular weight excluding hydrogens is 289 g/mol. The van der Waals surface area contributed by atoms with Crippen molar-refractivity contribution in [3.8, 4) is 0 Å². The van der Waals surface area contributed by atoms with Crippen LogP contribution in [0.4, 0.5) is 18.9 Å². The van der Waals surface area contributed by atoms with Gasteiger partial charge in [0.1, 0.15) is 0 Å². The van der Waals surface area contributed by atoms with Gasteiger partial charge in [-0.3, -0.25) is 0 Å². The number of hydrogen-bond donors (Lipinski definition) is 1. The quantitative estimate of drug-likeness (QED) is 0.890. The molecule has 1 saturated heterocycles. The van der Waals surface area contributed by atoms with Crippen molar-refractivity contribution < 1.29 is 13.2 Å². The monoisotopic (exact) mass is 306 g/mol. The van der Waals surface area contributed by atoms with Gasteiger partial charge in [-0.25, -0.2) is 0 Å². The molecule has 0 bridgehead atoms. The summed E-state index contributed by atoms with van der Waals surface area (Å²) in [5.41, 5.74) is 7.31. The molecule has 2 nitrogen and oxygen atoms in total. The zero-order chi connectivity index (χ0) is 14.9. The molecule has 0 radical (unpaired) electrons. The fraction of sp³-hybridized carbons (Fsp3) is 0.571. The van der Waals surface area contributed by atoms with Gasteiger partial charge in [0.25, 0.3) is 0 Å². The lowest BCUT2D eigenvalue weighted by atomic mass is 9.97. The zero-order valence-electron chi connectivity index (χ0n) is 11.3. The second kappa shape index (κ2) is 5.82. The molecule has 1 aliphatic rings. The van der Waals surface area contributed by atoms with Crippen LogP contribution in [-0.4, -0.2) is 19.3 Å². The number of benzene rings is 1. The number of alkyl halides is 3. The Hall–Kier alpha value is -0.940. The van der Waals surface area contributed by atoms with Crippen molar-refractivity contribution in [2.24, 2.45) is 11.7 Å². The van der Waals surface area contributed by atoms with Crippen LogP contribution in [0.2, 0.25) is 5.02 Å². The van der Waals surface area contributed by atoms with Crippen LogP contribution in [-0.2, 0) is 0 Å². The standard InChI is InChI=1S/C14H18ClF3N2/c1-9(19)12-5-4-11(7-13(12)15)20-6-2-3-10(8-20)14(16,17)18/h4-5,7,9-10H,2-3,6,8,19H2,1H3. The van der Waals surface area contributed by atoms with E-state index in [-0.39, 0.29) is 19.0 Å². The van der Waals surface area contributed by atoms with Gasteiger partial charge in [0, 0.05) is 29.8 Å². The number of nitrogens with zero attached hydrogens (tertiary/aromatic N) is 1. The van der Waals surface area contributed by atoms with E-state index in [1.54, 1.807) is 23.1 Å². The number of rotatable bonds is 2. The summed E-state index contributed by atoms with van der Waals surface area (Å²) in [5, 5.41) is 0.506. The molecule has 20 heavy (non-hydrogen) atoms. The van der Waals surface area contributed by atoms with Crippen LogP contribution in [0.3, 0.4) is 0 Å². The van der Waals surface area contributed by atoms with Crippen molar-refractivity contribution in [1.82, 2.24) is 0 Å². The first-order valence-electron chi connectivity index (χ1n) is 6.65. The van der Waals surface area contributed by atoms with Gasteiger partial charge in [-0.05, 0) is 37.5 Å². The number of halogens is 4. The molecule has 0 spiro atoms. The second-order valence-electron chi connectivity index (χ2n) is 5.32. The van der Waals surface area contributed by atoms with E-state index in [0.717, 1.165) is 11.3 Å². The highest BCUT2D eigenvalue weighted by molar-refractivity contribution is 6.31. The first-order chi connectivity index (χ1) is 9.29. The molecule has 0 aliphatic carbocycles. The van der Waals surface area contributed by atoms with E-state index in [2.05, 4.69) is 0 Å². The Kier molecular flexibility index (Phi) is 4.49. The summed E-state index contributed by atoms with van der Waals surface area (Å²) in [4.78, 5) is 1.75. The minimum atomic E-state index is -4.13. The number of nitrogens with two attached hydrogens (primary N) is 1. The maximum atomic E-state index is 12.8. The Morgan fingerprint density at radius 3 is 2.65 bits per heavy atom. The average Bonchev–Trinajstić information content (AvgIpc) is 2.37. The predicted octanol–water partition coefficient (Wildman–Crippen LogP) is 4.14. The lowest BCUT2D eigenvalue weighted by Crippen LogP contribution is -2.41. The highest BCUT2D eigenvalue weighted by Gasteiger charge is 2.41. The minimum absolute atomic E-state index is 0.00262. The zero-order valence-corrected chi connectivity index (χ0v) is 12.0. The van der Waals surface area contributed by atoms with Crippen molar-refractivity contribution in [2.45, 2.75) is 32.0 Å². The summed E-state index contributed by atoms with van der Waals surface area (Å²) in [5.74, 6) is -1.26. The molecule has 2 N–H and O–H groups in total. The molecule has 2 atom stereocenters. The normalized spacial score (nSPS) is 21.9. The van der Waals surface area contributed by atoms with Crippen molar-refractivity contribution in [3.63, 3.8) is 0 Å². The van der Waals surface area contributed by atoms with Gasteiger partial charge in [0.15, 0.2) is 0 Å². The van der Waals surface area contributed by atoms with Gasteiger partial charge in [0.05, 0.1) is 5.92 Å². The van der Waals surface area contributed by atoms with Crippen molar-refractivity contribution in [2.75, 3.05) is 18.0 Å². The largest absolute Gasteiger partial charge is 0.393 e. The highest BCUT2D eigenvalue weighted by atomic mass is 35.5. The smallest absolute Gasteiger partial charge is 0.371 e. The average molecular weight is 307 g/mol. The van der Waals surface area contributed by atoms with Gasteiger partial charge >= 0.3 is 6.18 Å². The SMILES string of the molecule is CC(N)c1ccc(N2CCCC(C(F)(F)F)C2)cc1Cl. The summed E-state index contributed by atoms with van der Waals surface area (Å²) in [6.45, 7) is 2.44. The summed E-state index contributed by atoms with van der Waals surface area (Å²) < 4.78 is 38.4.